The van der Waals surface area contributed by atoms with Crippen molar-refractivity contribution in [1.29, 1.82) is 0 Å². The zero-order valence-electron chi connectivity index (χ0n) is 14.7. The zero-order chi connectivity index (χ0) is 17.4. The van der Waals surface area contributed by atoms with E-state index in [9.17, 15) is 5.11 Å². The summed E-state index contributed by atoms with van der Waals surface area (Å²) in [5.74, 6) is 1.89. The Hall–Kier alpha value is -2.46. The van der Waals surface area contributed by atoms with Gasteiger partial charge in [0.1, 0.15) is 11.6 Å². The van der Waals surface area contributed by atoms with Gasteiger partial charge in [-0.25, -0.2) is 9.97 Å². The number of hydrogen-bond acceptors (Lipinski definition) is 4. The van der Waals surface area contributed by atoms with Crippen molar-refractivity contribution >= 4 is 16.6 Å². The van der Waals surface area contributed by atoms with E-state index in [0.717, 1.165) is 30.2 Å². The van der Waals surface area contributed by atoms with Crippen molar-refractivity contribution in [3.63, 3.8) is 0 Å². The first-order valence-electron chi connectivity index (χ1n) is 8.84. The molecule has 0 bridgehead atoms. The van der Waals surface area contributed by atoms with E-state index >= 15 is 0 Å². The van der Waals surface area contributed by atoms with Crippen molar-refractivity contribution in [2.75, 3.05) is 18.0 Å². The van der Waals surface area contributed by atoms with Crippen LogP contribution in [-0.4, -0.2) is 34.3 Å². The molecule has 0 spiro atoms. The number of fused-ring (bicyclic) bond motifs is 1. The lowest BCUT2D eigenvalue weighted by Crippen LogP contribution is -2.43. The van der Waals surface area contributed by atoms with Gasteiger partial charge >= 0.3 is 0 Å². The average Bonchev–Trinajstić information content (AvgIpc) is 2.63. The molecule has 0 saturated carbocycles. The lowest BCUT2D eigenvalue weighted by molar-refractivity contribution is 0.129. The molecule has 2 atom stereocenters. The molecule has 128 valence electrons. The third-order valence-electron chi connectivity index (χ3n) is 5.15. The minimum atomic E-state index is -0.399. The normalized spacial score (nSPS) is 20.8. The number of hydrogen-bond donors (Lipinski definition) is 1. The van der Waals surface area contributed by atoms with Gasteiger partial charge < -0.3 is 10.0 Å². The molecule has 1 saturated heterocycles. The van der Waals surface area contributed by atoms with Crippen molar-refractivity contribution in [2.24, 2.45) is 0 Å². The third kappa shape index (κ3) is 3.10. The Labute approximate surface area is 148 Å². The maximum absolute atomic E-state index is 10.8. The molecule has 0 unspecified atom stereocenters. The van der Waals surface area contributed by atoms with Gasteiger partial charge in [-0.2, -0.15) is 0 Å². The Bertz CT molecular complexity index is 909. The molecule has 0 amide bonds. The number of nitrogens with zero attached hydrogens (tertiary/aromatic N) is 3. The summed E-state index contributed by atoms with van der Waals surface area (Å²) in [6.07, 6.45) is 2.38. The van der Waals surface area contributed by atoms with E-state index in [4.69, 9.17) is 0 Å². The van der Waals surface area contributed by atoms with E-state index in [1.807, 2.05) is 20.0 Å². The Morgan fingerprint density at radius 3 is 2.68 bits per heavy atom. The highest BCUT2D eigenvalue weighted by Gasteiger charge is 2.30. The van der Waals surface area contributed by atoms with Gasteiger partial charge in [0, 0.05) is 30.8 Å². The number of β-amino-alcohol motifs (C(OH)–C–C–N with tert-alkyl or cyclic N) is 1. The summed E-state index contributed by atoms with van der Waals surface area (Å²) in [6.45, 7) is 5.43. The molecule has 1 N–H and O–H groups in total. The van der Waals surface area contributed by atoms with E-state index < -0.39 is 6.10 Å². The lowest BCUT2D eigenvalue weighted by atomic mass is 9.86. The SMILES string of the molecule is Cc1ncc(C)c(N2CC[C@@H](c3ccc4ccccc4c3)[C@H](O)C2)n1. The van der Waals surface area contributed by atoms with Crippen LogP contribution >= 0.6 is 0 Å². The maximum Gasteiger partial charge on any atom is 0.135 e. The first kappa shape index (κ1) is 16.0. The second-order valence-corrected chi connectivity index (χ2v) is 6.94. The number of aliphatic hydroxyl groups is 1. The number of rotatable bonds is 2. The molecular weight excluding hydrogens is 310 g/mol. The van der Waals surface area contributed by atoms with E-state index in [2.05, 4.69) is 57.3 Å². The first-order valence-corrected chi connectivity index (χ1v) is 8.84. The topological polar surface area (TPSA) is 49.2 Å². The average molecular weight is 333 g/mol. The van der Waals surface area contributed by atoms with Crippen LogP contribution in [-0.2, 0) is 0 Å². The van der Waals surface area contributed by atoms with Crippen LogP contribution in [0.1, 0.15) is 29.3 Å². The Morgan fingerprint density at radius 2 is 1.88 bits per heavy atom. The molecule has 0 radical (unpaired) electrons. The van der Waals surface area contributed by atoms with Crippen molar-refractivity contribution in [2.45, 2.75) is 32.3 Å². The van der Waals surface area contributed by atoms with E-state index in [1.54, 1.807) is 0 Å². The summed E-state index contributed by atoms with van der Waals surface area (Å²) in [5, 5.41) is 13.3. The van der Waals surface area contributed by atoms with Gasteiger partial charge in [0.05, 0.1) is 6.10 Å². The summed E-state index contributed by atoms with van der Waals surface area (Å²) in [5.41, 5.74) is 2.28. The van der Waals surface area contributed by atoms with Crippen LogP contribution in [0.2, 0.25) is 0 Å². The van der Waals surface area contributed by atoms with Crippen LogP contribution < -0.4 is 4.90 Å². The van der Waals surface area contributed by atoms with Crippen LogP contribution in [0.5, 0.6) is 0 Å². The fourth-order valence-corrected chi connectivity index (χ4v) is 3.79. The number of aryl methyl sites for hydroxylation is 2. The molecular formula is C21H23N3O. The Morgan fingerprint density at radius 1 is 1.08 bits per heavy atom. The summed E-state index contributed by atoms with van der Waals surface area (Å²) in [7, 11) is 0. The molecule has 2 aromatic carbocycles. The molecule has 1 aromatic heterocycles. The van der Waals surface area contributed by atoms with E-state index in [-0.39, 0.29) is 5.92 Å². The monoisotopic (exact) mass is 333 g/mol. The van der Waals surface area contributed by atoms with Crippen molar-refractivity contribution in [3.8, 4) is 0 Å². The van der Waals surface area contributed by atoms with Crippen LogP contribution in [0.25, 0.3) is 10.8 Å². The number of benzene rings is 2. The van der Waals surface area contributed by atoms with Crippen LogP contribution in [0.3, 0.4) is 0 Å². The van der Waals surface area contributed by atoms with Gasteiger partial charge in [0.25, 0.3) is 0 Å². The number of anilines is 1. The zero-order valence-corrected chi connectivity index (χ0v) is 14.7. The Balaban J connectivity index is 1.57. The van der Waals surface area contributed by atoms with Gasteiger partial charge in [0.15, 0.2) is 0 Å². The largest absolute Gasteiger partial charge is 0.391 e. The van der Waals surface area contributed by atoms with Crippen molar-refractivity contribution in [1.82, 2.24) is 9.97 Å². The second-order valence-electron chi connectivity index (χ2n) is 6.94. The molecule has 1 aliphatic heterocycles. The molecule has 25 heavy (non-hydrogen) atoms. The van der Waals surface area contributed by atoms with E-state index in [1.165, 1.54) is 16.3 Å². The minimum Gasteiger partial charge on any atom is -0.391 e. The second kappa shape index (κ2) is 6.45. The van der Waals surface area contributed by atoms with Gasteiger partial charge in [-0.05, 0) is 36.6 Å². The highest BCUT2D eigenvalue weighted by molar-refractivity contribution is 5.83. The first-order chi connectivity index (χ1) is 12.1. The molecule has 4 rings (SSSR count). The highest BCUT2D eigenvalue weighted by atomic mass is 16.3. The quantitative estimate of drug-likeness (QED) is 0.778. The molecule has 1 fully saturated rings. The molecule has 0 aliphatic carbocycles. The Kier molecular flexibility index (Phi) is 4.14. The number of aliphatic hydroxyl groups excluding tert-OH is 1. The fraction of sp³-hybridized carbons (Fsp3) is 0.333. The van der Waals surface area contributed by atoms with Gasteiger partial charge in [-0.15, -0.1) is 0 Å². The predicted octanol–water partition coefficient (Wildman–Crippen LogP) is 3.60. The summed E-state index contributed by atoms with van der Waals surface area (Å²) in [6, 6.07) is 14.9. The maximum atomic E-state index is 10.8. The minimum absolute atomic E-state index is 0.170. The molecule has 4 heteroatoms. The predicted molar refractivity (Wildman–Crippen MR) is 101 cm³/mol. The van der Waals surface area contributed by atoms with Crippen LogP contribution in [0.4, 0.5) is 5.82 Å². The molecule has 1 aliphatic rings. The van der Waals surface area contributed by atoms with Crippen molar-refractivity contribution < 1.29 is 5.11 Å². The van der Waals surface area contributed by atoms with Gasteiger partial charge in [-0.3, -0.25) is 0 Å². The smallest absolute Gasteiger partial charge is 0.135 e. The van der Waals surface area contributed by atoms with E-state index in [0.29, 0.717) is 6.54 Å². The van der Waals surface area contributed by atoms with Crippen LogP contribution in [0, 0.1) is 13.8 Å². The third-order valence-corrected chi connectivity index (χ3v) is 5.15. The van der Waals surface area contributed by atoms with Gasteiger partial charge in [-0.1, -0.05) is 42.5 Å². The fourth-order valence-electron chi connectivity index (χ4n) is 3.79. The van der Waals surface area contributed by atoms with Gasteiger partial charge in [0.2, 0.25) is 0 Å². The molecule has 4 nitrogen and oxygen atoms in total. The highest BCUT2D eigenvalue weighted by Crippen LogP contribution is 2.32. The molecule has 2 heterocycles. The number of aromatic nitrogens is 2. The molecule has 3 aromatic rings. The summed E-state index contributed by atoms with van der Waals surface area (Å²) in [4.78, 5) is 11.0. The summed E-state index contributed by atoms with van der Waals surface area (Å²) >= 11 is 0. The lowest BCUT2D eigenvalue weighted by Gasteiger charge is -2.37. The number of piperidine rings is 1. The summed E-state index contributed by atoms with van der Waals surface area (Å²) < 4.78 is 0. The standard InChI is InChI=1S/C21H23N3O/c1-14-12-22-15(2)23-21(14)24-10-9-19(20(25)13-24)18-8-7-16-5-3-4-6-17(16)11-18/h3-8,11-12,19-20,25H,9-10,13H2,1-2H3/t19-,20+/m0/s1. The van der Waals surface area contributed by atoms with Crippen molar-refractivity contribution in [3.05, 3.63) is 65.6 Å². The van der Waals surface area contributed by atoms with Crippen LogP contribution in [0.15, 0.2) is 48.7 Å².